The molecule has 1 N–H and O–H groups in total. The fourth-order valence-electron chi connectivity index (χ4n) is 1.48. The Morgan fingerprint density at radius 2 is 2.00 bits per heavy atom. The summed E-state index contributed by atoms with van der Waals surface area (Å²) in [6, 6.07) is 9.50. The van der Waals surface area contributed by atoms with Gasteiger partial charge in [0.1, 0.15) is 11.5 Å². The first-order valence-corrected chi connectivity index (χ1v) is 5.03. The second kappa shape index (κ2) is 4.18. The van der Waals surface area contributed by atoms with Crippen LogP contribution in [-0.2, 0) is 0 Å². The predicted molar refractivity (Wildman–Crippen MR) is 62.5 cm³/mol. The molecule has 0 saturated carbocycles. The number of amides is 1. The van der Waals surface area contributed by atoms with Gasteiger partial charge in [0.15, 0.2) is 0 Å². The lowest BCUT2D eigenvalue weighted by atomic mass is 10.3. The molecule has 2 aromatic rings. The molecule has 0 aliphatic carbocycles. The fourth-order valence-corrected chi connectivity index (χ4v) is 1.48. The molecule has 0 aliphatic heterocycles. The summed E-state index contributed by atoms with van der Waals surface area (Å²) in [6.07, 6.45) is 1.55. The van der Waals surface area contributed by atoms with Crippen molar-refractivity contribution in [2.24, 2.45) is 0 Å². The molecule has 0 spiro atoms. The number of aromatic amines is 1. The van der Waals surface area contributed by atoms with E-state index >= 15 is 0 Å². The summed E-state index contributed by atoms with van der Waals surface area (Å²) in [5.41, 5.74) is 1.36. The van der Waals surface area contributed by atoms with Crippen molar-refractivity contribution in [2.75, 3.05) is 11.9 Å². The molecule has 1 aromatic heterocycles. The van der Waals surface area contributed by atoms with Crippen LogP contribution in [0, 0.1) is 6.92 Å². The number of para-hydroxylation sites is 1. The molecule has 2 rings (SSSR count). The van der Waals surface area contributed by atoms with Gasteiger partial charge >= 0.3 is 0 Å². The van der Waals surface area contributed by atoms with Crippen molar-refractivity contribution in [1.82, 2.24) is 9.97 Å². The van der Waals surface area contributed by atoms with Gasteiger partial charge in [0.2, 0.25) is 0 Å². The van der Waals surface area contributed by atoms with E-state index in [2.05, 4.69) is 9.97 Å². The van der Waals surface area contributed by atoms with Crippen LogP contribution in [0.2, 0.25) is 0 Å². The van der Waals surface area contributed by atoms with E-state index in [9.17, 15) is 4.79 Å². The van der Waals surface area contributed by atoms with Gasteiger partial charge in [0.05, 0.1) is 6.20 Å². The average Bonchev–Trinajstić information content (AvgIpc) is 2.75. The molecule has 0 unspecified atom stereocenters. The van der Waals surface area contributed by atoms with Crippen molar-refractivity contribution in [3.8, 4) is 0 Å². The molecule has 1 aromatic carbocycles. The zero-order chi connectivity index (χ0) is 11.5. The number of rotatable bonds is 2. The molecule has 0 atom stereocenters. The summed E-state index contributed by atoms with van der Waals surface area (Å²) in [7, 11) is 1.74. The summed E-state index contributed by atoms with van der Waals surface area (Å²) >= 11 is 0. The molecule has 1 amide bonds. The third-order valence-corrected chi connectivity index (χ3v) is 2.38. The van der Waals surface area contributed by atoms with Crippen molar-refractivity contribution in [3.63, 3.8) is 0 Å². The molecule has 4 heteroatoms. The molecule has 1 heterocycles. The normalized spacial score (nSPS) is 10.1. The first-order chi connectivity index (χ1) is 7.68. The van der Waals surface area contributed by atoms with Crippen LogP contribution in [0.1, 0.15) is 16.3 Å². The standard InChI is InChI=1S/C12H13N3O/c1-9-13-8-11(14-9)12(16)15(2)10-6-4-3-5-7-10/h3-8H,1-2H3,(H,13,14). The Kier molecular flexibility index (Phi) is 2.72. The SMILES string of the molecule is Cc1ncc(C(=O)N(C)c2ccccc2)[nH]1. The Labute approximate surface area is 93.9 Å². The number of anilines is 1. The molecule has 0 bridgehead atoms. The number of hydrogen-bond donors (Lipinski definition) is 1. The van der Waals surface area contributed by atoms with Crippen molar-refractivity contribution < 1.29 is 4.79 Å². The number of carbonyl (C=O) groups excluding carboxylic acids is 1. The Morgan fingerprint density at radius 3 is 2.56 bits per heavy atom. The van der Waals surface area contributed by atoms with Gasteiger partial charge in [-0.3, -0.25) is 4.79 Å². The van der Waals surface area contributed by atoms with Gasteiger partial charge in [-0.05, 0) is 19.1 Å². The van der Waals surface area contributed by atoms with Gasteiger partial charge in [-0.15, -0.1) is 0 Å². The number of H-pyrrole nitrogens is 1. The van der Waals surface area contributed by atoms with E-state index in [0.29, 0.717) is 5.69 Å². The predicted octanol–water partition coefficient (Wildman–Crippen LogP) is 1.99. The third kappa shape index (κ3) is 1.95. The second-order valence-electron chi connectivity index (χ2n) is 3.58. The van der Waals surface area contributed by atoms with Crippen molar-refractivity contribution in [1.29, 1.82) is 0 Å². The zero-order valence-corrected chi connectivity index (χ0v) is 9.27. The molecule has 0 fully saturated rings. The van der Waals surface area contributed by atoms with E-state index in [1.165, 1.54) is 0 Å². The lowest BCUT2D eigenvalue weighted by Crippen LogP contribution is -2.26. The first kappa shape index (κ1) is 10.4. The maximum absolute atomic E-state index is 12.0. The highest BCUT2D eigenvalue weighted by Gasteiger charge is 2.14. The zero-order valence-electron chi connectivity index (χ0n) is 9.27. The van der Waals surface area contributed by atoms with Crippen LogP contribution < -0.4 is 4.90 Å². The number of aryl methyl sites for hydroxylation is 1. The highest BCUT2D eigenvalue weighted by atomic mass is 16.2. The number of carbonyl (C=O) groups is 1. The lowest BCUT2D eigenvalue weighted by Gasteiger charge is -2.15. The van der Waals surface area contributed by atoms with Crippen molar-refractivity contribution >= 4 is 11.6 Å². The number of nitrogens with zero attached hydrogens (tertiary/aromatic N) is 2. The van der Waals surface area contributed by atoms with Crippen LogP contribution in [0.3, 0.4) is 0 Å². The summed E-state index contributed by atoms with van der Waals surface area (Å²) < 4.78 is 0. The van der Waals surface area contributed by atoms with Gasteiger partial charge in [-0.2, -0.15) is 0 Å². The Bertz CT molecular complexity index is 490. The largest absolute Gasteiger partial charge is 0.338 e. The monoisotopic (exact) mass is 215 g/mol. The van der Waals surface area contributed by atoms with E-state index < -0.39 is 0 Å². The first-order valence-electron chi connectivity index (χ1n) is 5.03. The maximum atomic E-state index is 12.0. The minimum absolute atomic E-state index is 0.0909. The van der Waals surface area contributed by atoms with E-state index in [1.54, 1.807) is 18.1 Å². The molecule has 4 nitrogen and oxygen atoms in total. The highest BCUT2D eigenvalue weighted by molar-refractivity contribution is 6.04. The van der Waals surface area contributed by atoms with Crippen LogP contribution >= 0.6 is 0 Å². The van der Waals surface area contributed by atoms with Gasteiger partial charge in [-0.25, -0.2) is 4.98 Å². The fraction of sp³-hybridized carbons (Fsp3) is 0.167. The topological polar surface area (TPSA) is 49.0 Å². The van der Waals surface area contributed by atoms with E-state index in [0.717, 1.165) is 11.5 Å². The average molecular weight is 215 g/mol. The van der Waals surface area contributed by atoms with E-state index in [1.807, 2.05) is 37.3 Å². The maximum Gasteiger partial charge on any atom is 0.276 e. The van der Waals surface area contributed by atoms with Crippen LogP contribution in [0.4, 0.5) is 5.69 Å². The number of hydrogen-bond acceptors (Lipinski definition) is 2. The van der Waals surface area contributed by atoms with E-state index in [-0.39, 0.29) is 5.91 Å². The van der Waals surface area contributed by atoms with Crippen molar-refractivity contribution in [3.05, 3.63) is 48.0 Å². The summed E-state index contributed by atoms with van der Waals surface area (Å²) in [5.74, 6) is 0.650. The van der Waals surface area contributed by atoms with Crippen molar-refractivity contribution in [2.45, 2.75) is 6.92 Å². The summed E-state index contributed by atoms with van der Waals surface area (Å²) in [6.45, 7) is 1.82. The minimum atomic E-state index is -0.0909. The minimum Gasteiger partial charge on any atom is -0.338 e. The molecular formula is C12H13N3O. The summed E-state index contributed by atoms with van der Waals surface area (Å²) in [4.78, 5) is 20.5. The van der Waals surface area contributed by atoms with Crippen LogP contribution in [0.5, 0.6) is 0 Å². The number of benzene rings is 1. The van der Waals surface area contributed by atoms with Gasteiger partial charge < -0.3 is 9.88 Å². The smallest absolute Gasteiger partial charge is 0.276 e. The van der Waals surface area contributed by atoms with Crippen LogP contribution in [-0.4, -0.2) is 22.9 Å². The third-order valence-electron chi connectivity index (χ3n) is 2.38. The Balaban J connectivity index is 2.23. The van der Waals surface area contributed by atoms with E-state index in [4.69, 9.17) is 0 Å². The molecule has 0 aliphatic rings. The quantitative estimate of drug-likeness (QED) is 0.832. The summed E-state index contributed by atoms with van der Waals surface area (Å²) in [5, 5.41) is 0. The molecule has 82 valence electrons. The number of imidazole rings is 1. The molecular weight excluding hydrogens is 202 g/mol. The van der Waals surface area contributed by atoms with Gasteiger partial charge in [0.25, 0.3) is 5.91 Å². The highest BCUT2D eigenvalue weighted by Crippen LogP contribution is 2.13. The molecule has 0 radical (unpaired) electrons. The second-order valence-corrected chi connectivity index (χ2v) is 3.58. The van der Waals surface area contributed by atoms with Crippen LogP contribution in [0.15, 0.2) is 36.5 Å². The Hall–Kier alpha value is -2.10. The van der Waals surface area contributed by atoms with Gasteiger partial charge in [0, 0.05) is 12.7 Å². The van der Waals surface area contributed by atoms with Gasteiger partial charge in [-0.1, -0.05) is 18.2 Å². The molecule has 16 heavy (non-hydrogen) atoms. The Morgan fingerprint density at radius 1 is 1.31 bits per heavy atom. The number of nitrogens with one attached hydrogen (secondary N) is 1. The molecule has 0 saturated heterocycles. The van der Waals surface area contributed by atoms with Crippen LogP contribution in [0.25, 0.3) is 0 Å². The number of aromatic nitrogens is 2. The lowest BCUT2D eigenvalue weighted by molar-refractivity contribution is 0.0988.